The zero-order valence-corrected chi connectivity index (χ0v) is 17.7. The Morgan fingerprint density at radius 3 is 1.97 bits per heavy atom. The molecule has 0 spiro atoms. The largest absolute Gasteiger partial charge is 0.416 e. The molecule has 1 heterocycles. The Labute approximate surface area is 186 Å². The highest BCUT2D eigenvalue weighted by atomic mass is 19.4. The highest BCUT2D eigenvalue weighted by molar-refractivity contribution is 5.95. The van der Waals surface area contributed by atoms with Gasteiger partial charge in [0.05, 0.1) is 16.7 Å². The number of nitrogens with zero attached hydrogens (tertiary/aromatic N) is 1. The molecule has 2 N–H and O–H groups in total. The molecule has 0 bridgehead atoms. The maximum absolute atomic E-state index is 13.3. The third-order valence-electron chi connectivity index (χ3n) is 5.46. The van der Waals surface area contributed by atoms with Crippen molar-refractivity contribution in [3.05, 3.63) is 82.5 Å². The summed E-state index contributed by atoms with van der Waals surface area (Å²) in [6.45, 7) is 1.87. The van der Waals surface area contributed by atoms with Crippen molar-refractivity contribution < 1.29 is 31.1 Å². The Morgan fingerprint density at radius 2 is 1.45 bits per heavy atom. The monoisotopic (exact) mass is 468 g/mol. The molecule has 3 rings (SSSR count). The van der Waals surface area contributed by atoms with Crippen LogP contribution in [0.15, 0.2) is 54.6 Å². The van der Waals surface area contributed by atoms with E-state index >= 15 is 0 Å². The quantitative estimate of drug-likeness (QED) is 0.307. The van der Waals surface area contributed by atoms with E-state index in [-0.39, 0.29) is 22.9 Å². The van der Waals surface area contributed by atoms with Crippen molar-refractivity contribution in [1.29, 1.82) is 0 Å². The molecule has 1 aromatic heterocycles. The van der Waals surface area contributed by atoms with Gasteiger partial charge in [0, 0.05) is 17.9 Å². The summed E-state index contributed by atoms with van der Waals surface area (Å²) < 4.78 is 81.5. The van der Waals surface area contributed by atoms with Gasteiger partial charge in [0.15, 0.2) is 0 Å². The Kier molecular flexibility index (Phi) is 6.90. The van der Waals surface area contributed by atoms with E-state index in [0.717, 1.165) is 18.4 Å². The van der Waals surface area contributed by atoms with Crippen molar-refractivity contribution >= 4 is 5.91 Å². The highest BCUT2D eigenvalue weighted by Crippen LogP contribution is 2.39. The summed E-state index contributed by atoms with van der Waals surface area (Å²) >= 11 is 0. The van der Waals surface area contributed by atoms with Gasteiger partial charge in [-0.05, 0) is 61.6 Å². The van der Waals surface area contributed by atoms with Crippen molar-refractivity contribution in [1.82, 2.24) is 4.57 Å². The molecule has 176 valence electrons. The van der Waals surface area contributed by atoms with Crippen LogP contribution in [0, 0.1) is 6.92 Å². The number of aryl methyl sites for hydroxylation is 1. The first-order chi connectivity index (χ1) is 15.4. The van der Waals surface area contributed by atoms with Crippen molar-refractivity contribution in [3.63, 3.8) is 0 Å². The SMILES string of the molecule is Cc1c(C(N)=O)cc(-c2cc(C(F)(F)F)cc(C(F)(F)F)c2)n1CCCCc1ccccc1. The van der Waals surface area contributed by atoms with E-state index in [2.05, 4.69) is 0 Å². The van der Waals surface area contributed by atoms with E-state index < -0.39 is 29.4 Å². The molecular weight excluding hydrogens is 446 g/mol. The topological polar surface area (TPSA) is 48.0 Å². The van der Waals surface area contributed by atoms with Crippen LogP contribution in [-0.2, 0) is 25.3 Å². The minimum Gasteiger partial charge on any atom is -0.366 e. The summed E-state index contributed by atoms with van der Waals surface area (Å²) in [6.07, 6.45) is -7.83. The number of benzene rings is 2. The number of hydrogen-bond donors (Lipinski definition) is 1. The highest BCUT2D eigenvalue weighted by Gasteiger charge is 2.37. The second-order valence-electron chi connectivity index (χ2n) is 7.78. The molecule has 0 saturated heterocycles. The standard InChI is InChI=1S/C24H22F6N2O/c1-15-20(22(31)33)14-21(32(15)10-6-5-9-16-7-3-2-4-8-16)17-11-18(23(25,26)27)13-19(12-17)24(28,29)30/h2-4,7-8,11-14H,5-6,9-10H2,1H3,(H2,31,33). The van der Waals surface area contributed by atoms with Crippen LogP contribution < -0.4 is 5.73 Å². The van der Waals surface area contributed by atoms with E-state index in [1.807, 2.05) is 30.3 Å². The predicted octanol–water partition coefficient (Wildman–Crippen LogP) is 6.62. The van der Waals surface area contributed by atoms with E-state index in [9.17, 15) is 31.1 Å². The minimum absolute atomic E-state index is 0.0547. The summed E-state index contributed by atoms with van der Waals surface area (Å²) in [7, 11) is 0. The number of aromatic nitrogens is 1. The second-order valence-corrected chi connectivity index (χ2v) is 7.78. The van der Waals surface area contributed by atoms with E-state index in [1.54, 1.807) is 11.5 Å². The molecule has 0 radical (unpaired) electrons. The van der Waals surface area contributed by atoms with Crippen LogP contribution in [0.1, 0.15) is 45.6 Å². The first-order valence-corrected chi connectivity index (χ1v) is 10.2. The second kappa shape index (κ2) is 9.33. The molecule has 0 aliphatic carbocycles. The first-order valence-electron chi connectivity index (χ1n) is 10.2. The van der Waals surface area contributed by atoms with Crippen LogP contribution >= 0.6 is 0 Å². The van der Waals surface area contributed by atoms with Crippen LogP contribution in [0.3, 0.4) is 0 Å². The number of carbonyl (C=O) groups excluding carboxylic acids is 1. The number of amides is 1. The fourth-order valence-corrected chi connectivity index (χ4v) is 3.77. The third-order valence-corrected chi connectivity index (χ3v) is 5.46. The van der Waals surface area contributed by atoms with Gasteiger partial charge in [0.25, 0.3) is 5.91 Å². The summed E-state index contributed by atoms with van der Waals surface area (Å²) in [5, 5.41) is 0. The van der Waals surface area contributed by atoms with Gasteiger partial charge in [-0.3, -0.25) is 4.79 Å². The number of rotatable bonds is 7. The molecule has 3 nitrogen and oxygen atoms in total. The van der Waals surface area contributed by atoms with Gasteiger partial charge in [0.2, 0.25) is 0 Å². The summed E-state index contributed by atoms with van der Waals surface area (Å²) in [5.74, 6) is -0.806. The molecule has 0 atom stereocenters. The lowest BCUT2D eigenvalue weighted by atomic mass is 10.0. The Bertz CT molecular complexity index is 1100. The Balaban J connectivity index is 2.00. The van der Waals surface area contributed by atoms with Crippen LogP contribution in [0.25, 0.3) is 11.3 Å². The predicted molar refractivity (Wildman–Crippen MR) is 113 cm³/mol. The van der Waals surface area contributed by atoms with Crippen LogP contribution in [0.4, 0.5) is 26.3 Å². The molecule has 0 fully saturated rings. The van der Waals surface area contributed by atoms with Crippen molar-refractivity contribution in [2.24, 2.45) is 5.73 Å². The van der Waals surface area contributed by atoms with E-state index in [1.165, 1.54) is 6.07 Å². The summed E-state index contributed by atoms with van der Waals surface area (Å²) in [6, 6.07) is 12.3. The minimum atomic E-state index is -4.97. The van der Waals surface area contributed by atoms with Crippen molar-refractivity contribution in [3.8, 4) is 11.3 Å². The zero-order valence-electron chi connectivity index (χ0n) is 17.7. The lowest BCUT2D eigenvalue weighted by Crippen LogP contribution is -2.13. The smallest absolute Gasteiger partial charge is 0.366 e. The van der Waals surface area contributed by atoms with Gasteiger partial charge < -0.3 is 10.3 Å². The Hall–Kier alpha value is -3.23. The van der Waals surface area contributed by atoms with Crippen molar-refractivity contribution in [2.75, 3.05) is 0 Å². The van der Waals surface area contributed by atoms with E-state index in [0.29, 0.717) is 30.8 Å². The van der Waals surface area contributed by atoms with Gasteiger partial charge in [0.1, 0.15) is 0 Å². The number of halogens is 6. The molecule has 3 aromatic rings. The van der Waals surface area contributed by atoms with Gasteiger partial charge in [-0.2, -0.15) is 26.3 Å². The maximum atomic E-state index is 13.3. The van der Waals surface area contributed by atoms with Gasteiger partial charge in [-0.1, -0.05) is 30.3 Å². The molecule has 33 heavy (non-hydrogen) atoms. The molecule has 0 saturated carbocycles. The molecule has 0 aliphatic heterocycles. The maximum Gasteiger partial charge on any atom is 0.416 e. The average Bonchev–Trinajstić information content (AvgIpc) is 3.07. The number of carbonyl (C=O) groups is 1. The summed E-state index contributed by atoms with van der Waals surface area (Å²) in [4.78, 5) is 11.8. The fraction of sp³-hybridized carbons (Fsp3) is 0.292. The molecule has 9 heteroatoms. The number of primary amides is 1. The van der Waals surface area contributed by atoms with Crippen molar-refractivity contribution in [2.45, 2.75) is 45.1 Å². The normalized spacial score (nSPS) is 12.2. The van der Waals surface area contributed by atoms with Gasteiger partial charge in [-0.15, -0.1) is 0 Å². The van der Waals surface area contributed by atoms with Crippen LogP contribution in [0.2, 0.25) is 0 Å². The van der Waals surface area contributed by atoms with Gasteiger partial charge >= 0.3 is 12.4 Å². The van der Waals surface area contributed by atoms with Crippen LogP contribution in [-0.4, -0.2) is 10.5 Å². The molecular formula is C24H22F6N2O. The number of unbranched alkanes of at least 4 members (excludes halogenated alkanes) is 1. The van der Waals surface area contributed by atoms with Crippen LogP contribution in [0.5, 0.6) is 0 Å². The molecule has 1 amide bonds. The van der Waals surface area contributed by atoms with Gasteiger partial charge in [-0.25, -0.2) is 0 Å². The van der Waals surface area contributed by atoms with E-state index in [4.69, 9.17) is 5.73 Å². The lowest BCUT2D eigenvalue weighted by Gasteiger charge is -2.16. The molecule has 0 unspecified atom stereocenters. The molecule has 2 aromatic carbocycles. The lowest BCUT2D eigenvalue weighted by molar-refractivity contribution is -0.143. The number of alkyl halides is 6. The summed E-state index contributed by atoms with van der Waals surface area (Å²) in [5.41, 5.74) is 3.93. The average molecular weight is 468 g/mol. The zero-order chi connectivity index (χ0) is 24.4. The third kappa shape index (κ3) is 5.77. The number of hydrogen-bond acceptors (Lipinski definition) is 1. The first kappa shape index (κ1) is 24.4. The number of nitrogens with two attached hydrogens (primary N) is 1. The molecule has 0 aliphatic rings. The Morgan fingerprint density at radius 1 is 0.879 bits per heavy atom. The fourth-order valence-electron chi connectivity index (χ4n) is 3.77.